The Morgan fingerprint density at radius 3 is 2.25 bits per heavy atom. The van der Waals surface area contributed by atoms with E-state index in [9.17, 15) is 4.79 Å². The molecule has 16 heavy (non-hydrogen) atoms. The fraction of sp³-hybridized carbons (Fsp3) is 0.917. The summed E-state index contributed by atoms with van der Waals surface area (Å²) in [5.74, 6) is -0.0694. The van der Waals surface area contributed by atoms with Crippen LogP contribution in [0.15, 0.2) is 0 Å². The molecule has 0 radical (unpaired) electrons. The van der Waals surface area contributed by atoms with Crippen molar-refractivity contribution in [2.45, 2.75) is 46.6 Å². The number of nitrogens with one attached hydrogen (secondary N) is 1. The number of hydrogen-bond donors (Lipinski definition) is 2. The largest absolute Gasteiger partial charge is 0.366 e. The molecule has 0 aliphatic rings. The van der Waals surface area contributed by atoms with Gasteiger partial charge in [0.05, 0.1) is 5.60 Å². The van der Waals surface area contributed by atoms with Gasteiger partial charge in [-0.3, -0.25) is 4.79 Å². The van der Waals surface area contributed by atoms with Crippen LogP contribution in [0.5, 0.6) is 0 Å². The molecule has 0 aromatic rings. The third-order valence-electron chi connectivity index (χ3n) is 2.22. The van der Waals surface area contributed by atoms with Crippen molar-refractivity contribution in [2.75, 3.05) is 19.7 Å². The van der Waals surface area contributed by atoms with E-state index >= 15 is 0 Å². The molecule has 1 amide bonds. The number of amides is 1. The topological polar surface area (TPSA) is 64.3 Å². The molecule has 0 saturated carbocycles. The summed E-state index contributed by atoms with van der Waals surface area (Å²) in [5.41, 5.74) is 5.27. The number of rotatable bonds is 6. The summed E-state index contributed by atoms with van der Waals surface area (Å²) in [6, 6.07) is 0. The smallest absolute Gasteiger partial charge is 0.246 e. The molecule has 4 heteroatoms. The van der Waals surface area contributed by atoms with E-state index in [1.165, 1.54) is 0 Å². The van der Waals surface area contributed by atoms with Crippen molar-refractivity contribution in [3.63, 3.8) is 0 Å². The first kappa shape index (κ1) is 15.4. The van der Waals surface area contributed by atoms with Crippen molar-refractivity contribution >= 4 is 5.91 Å². The van der Waals surface area contributed by atoms with Crippen LogP contribution in [0.4, 0.5) is 0 Å². The molecule has 0 bridgehead atoms. The zero-order valence-electron chi connectivity index (χ0n) is 11.2. The highest BCUT2D eigenvalue weighted by molar-refractivity contribution is 5.77. The summed E-state index contributed by atoms with van der Waals surface area (Å²) in [6.07, 6.45) is 0.896. The van der Waals surface area contributed by atoms with Gasteiger partial charge in [-0.25, -0.2) is 0 Å². The Morgan fingerprint density at radius 1 is 1.25 bits per heavy atom. The molecule has 0 fully saturated rings. The van der Waals surface area contributed by atoms with Gasteiger partial charge in [0.2, 0.25) is 5.91 Å². The molecular weight excluding hydrogens is 204 g/mol. The first-order valence-electron chi connectivity index (χ1n) is 5.77. The van der Waals surface area contributed by atoms with Crippen LogP contribution in [0.3, 0.4) is 0 Å². The van der Waals surface area contributed by atoms with Gasteiger partial charge < -0.3 is 15.8 Å². The van der Waals surface area contributed by atoms with Crippen LogP contribution >= 0.6 is 0 Å². The number of nitrogens with two attached hydrogens (primary N) is 1. The lowest BCUT2D eigenvalue weighted by atomic mass is 9.89. The molecule has 0 atom stereocenters. The fourth-order valence-corrected chi connectivity index (χ4v) is 1.15. The highest BCUT2D eigenvalue weighted by atomic mass is 16.5. The van der Waals surface area contributed by atoms with E-state index in [1.807, 2.05) is 20.8 Å². The minimum absolute atomic E-state index is 0.0478. The van der Waals surface area contributed by atoms with Gasteiger partial charge in [0.15, 0.2) is 0 Å². The molecule has 0 aliphatic carbocycles. The van der Waals surface area contributed by atoms with E-state index in [4.69, 9.17) is 10.5 Å². The molecule has 3 N–H and O–H groups in total. The van der Waals surface area contributed by atoms with Crippen LogP contribution < -0.4 is 11.1 Å². The second kappa shape index (κ2) is 6.21. The normalized spacial score (nSPS) is 12.6. The van der Waals surface area contributed by atoms with Gasteiger partial charge in [-0.1, -0.05) is 13.8 Å². The van der Waals surface area contributed by atoms with Gasteiger partial charge in [0, 0.05) is 6.54 Å². The van der Waals surface area contributed by atoms with E-state index in [-0.39, 0.29) is 23.5 Å². The first-order valence-corrected chi connectivity index (χ1v) is 5.77. The Balaban J connectivity index is 3.81. The molecule has 0 aromatic heterocycles. The Labute approximate surface area is 98.9 Å². The monoisotopic (exact) mass is 230 g/mol. The third kappa shape index (κ3) is 8.68. The molecular formula is C12H26N2O2. The Kier molecular flexibility index (Phi) is 5.97. The van der Waals surface area contributed by atoms with Gasteiger partial charge in [0.1, 0.15) is 6.61 Å². The van der Waals surface area contributed by atoms with Gasteiger partial charge in [-0.15, -0.1) is 0 Å². The van der Waals surface area contributed by atoms with E-state index < -0.39 is 0 Å². The maximum Gasteiger partial charge on any atom is 0.246 e. The van der Waals surface area contributed by atoms with Crippen molar-refractivity contribution < 1.29 is 9.53 Å². The SMILES string of the molecule is CC(C)(CCN)CNC(=O)COC(C)(C)C. The molecule has 4 nitrogen and oxygen atoms in total. The lowest BCUT2D eigenvalue weighted by molar-refractivity contribution is -0.131. The second-order valence-electron chi connectivity index (χ2n) is 5.88. The Hall–Kier alpha value is -0.610. The lowest BCUT2D eigenvalue weighted by Gasteiger charge is -2.25. The van der Waals surface area contributed by atoms with Crippen molar-refractivity contribution in [1.82, 2.24) is 5.32 Å². The quantitative estimate of drug-likeness (QED) is 0.722. The predicted octanol–water partition coefficient (Wildman–Crippen LogP) is 1.29. The van der Waals surface area contributed by atoms with Crippen molar-refractivity contribution in [1.29, 1.82) is 0 Å². The van der Waals surface area contributed by atoms with Gasteiger partial charge in [0.25, 0.3) is 0 Å². The number of hydrogen-bond acceptors (Lipinski definition) is 3. The van der Waals surface area contributed by atoms with Crippen LogP contribution in [0.2, 0.25) is 0 Å². The van der Waals surface area contributed by atoms with Gasteiger partial charge in [-0.05, 0) is 39.2 Å². The van der Waals surface area contributed by atoms with E-state index in [2.05, 4.69) is 19.2 Å². The second-order valence-corrected chi connectivity index (χ2v) is 5.88. The van der Waals surface area contributed by atoms with E-state index in [1.54, 1.807) is 0 Å². The number of carbonyl (C=O) groups is 1. The highest BCUT2D eigenvalue weighted by Crippen LogP contribution is 2.17. The lowest BCUT2D eigenvalue weighted by Crippen LogP contribution is -2.38. The summed E-state index contributed by atoms with van der Waals surface area (Å²) in [5, 5.41) is 2.86. The Morgan fingerprint density at radius 2 is 1.81 bits per heavy atom. The zero-order valence-corrected chi connectivity index (χ0v) is 11.2. The minimum atomic E-state index is -0.274. The van der Waals surface area contributed by atoms with Crippen LogP contribution in [-0.4, -0.2) is 31.2 Å². The maximum atomic E-state index is 11.5. The molecule has 0 aromatic carbocycles. The summed E-state index contributed by atoms with van der Waals surface area (Å²) in [4.78, 5) is 11.5. The average Bonchev–Trinajstić information content (AvgIpc) is 2.10. The van der Waals surface area contributed by atoms with Gasteiger partial charge in [-0.2, -0.15) is 0 Å². The summed E-state index contributed by atoms with van der Waals surface area (Å²) in [6.45, 7) is 11.4. The van der Waals surface area contributed by atoms with Crippen LogP contribution in [0.25, 0.3) is 0 Å². The number of carbonyl (C=O) groups excluding carboxylic acids is 1. The summed E-state index contributed by atoms with van der Waals surface area (Å²) in [7, 11) is 0. The van der Waals surface area contributed by atoms with E-state index in [0.717, 1.165) is 6.42 Å². The zero-order chi connectivity index (χ0) is 12.8. The molecule has 0 heterocycles. The van der Waals surface area contributed by atoms with Crippen LogP contribution in [0.1, 0.15) is 41.0 Å². The minimum Gasteiger partial charge on any atom is -0.366 e. The molecule has 96 valence electrons. The van der Waals surface area contributed by atoms with Crippen molar-refractivity contribution in [2.24, 2.45) is 11.1 Å². The van der Waals surface area contributed by atoms with Crippen molar-refractivity contribution in [3.8, 4) is 0 Å². The molecule has 0 aliphatic heterocycles. The predicted molar refractivity (Wildman–Crippen MR) is 66.2 cm³/mol. The molecule has 0 rings (SSSR count). The summed E-state index contributed by atoms with van der Waals surface area (Å²) < 4.78 is 5.38. The standard InChI is InChI=1S/C12H26N2O2/c1-11(2,3)16-8-10(15)14-9-12(4,5)6-7-13/h6-9,13H2,1-5H3,(H,14,15). The molecule has 0 spiro atoms. The maximum absolute atomic E-state index is 11.5. The highest BCUT2D eigenvalue weighted by Gasteiger charge is 2.18. The van der Waals surface area contributed by atoms with Crippen LogP contribution in [-0.2, 0) is 9.53 Å². The van der Waals surface area contributed by atoms with Gasteiger partial charge >= 0.3 is 0 Å². The average molecular weight is 230 g/mol. The molecule has 0 unspecified atom stereocenters. The first-order chi connectivity index (χ1) is 7.16. The molecule has 0 saturated heterocycles. The third-order valence-corrected chi connectivity index (χ3v) is 2.22. The van der Waals surface area contributed by atoms with Crippen LogP contribution in [0, 0.1) is 5.41 Å². The Bertz CT molecular complexity index is 220. The van der Waals surface area contributed by atoms with Crippen molar-refractivity contribution in [3.05, 3.63) is 0 Å². The van der Waals surface area contributed by atoms with E-state index in [0.29, 0.717) is 13.1 Å². The summed E-state index contributed by atoms with van der Waals surface area (Å²) >= 11 is 0. The fourth-order valence-electron chi connectivity index (χ4n) is 1.15. The number of ether oxygens (including phenoxy) is 1.